The number of rotatable bonds is 7. The highest BCUT2D eigenvalue weighted by molar-refractivity contribution is 5.66. The lowest BCUT2D eigenvalue weighted by molar-refractivity contribution is -0.137. The van der Waals surface area contributed by atoms with E-state index >= 15 is 0 Å². The van der Waals surface area contributed by atoms with Crippen LogP contribution in [0.2, 0.25) is 0 Å². The van der Waals surface area contributed by atoms with Gasteiger partial charge in [0.05, 0.1) is 12.2 Å². The van der Waals surface area contributed by atoms with Crippen LogP contribution >= 0.6 is 0 Å². The highest BCUT2D eigenvalue weighted by Crippen LogP contribution is 2.04. The Bertz CT molecular complexity index is 547. The lowest BCUT2D eigenvalue weighted by atomic mass is 10.1. The van der Waals surface area contributed by atoms with Gasteiger partial charge in [0.25, 0.3) is 0 Å². The molecule has 0 atom stereocenters. The van der Waals surface area contributed by atoms with Gasteiger partial charge >= 0.3 is 5.97 Å². The van der Waals surface area contributed by atoms with E-state index in [-0.39, 0.29) is 6.42 Å². The second-order valence-electron chi connectivity index (χ2n) is 4.39. The maximum Gasteiger partial charge on any atom is 0.303 e. The van der Waals surface area contributed by atoms with Crippen LogP contribution in [0.5, 0.6) is 0 Å². The van der Waals surface area contributed by atoms with E-state index in [9.17, 15) is 4.79 Å². The molecule has 0 unspecified atom stereocenters. The van der Waals surface area contributed by atoms with E-state index in [1.165, 1.54) is 0 Å². The maximum absolute atomic E-state index is 10.4. The number of hydrogen-bond acceptors (Lipinski definition) is 5. The van der Waals surface area contributed by atoms with Crippen LogP contribution in [-0.2, 0) is 24.8 Å². The van der Waals surface area contributed by atoms with Crippen LogP contribution in [0, 0.1) is 0 Å². The van der Waals surface area contributed by atoms with Gasteiger partial charge in [-0.05, 0) is 19.3 Å². The van der Waals surface area contributed by atoms with Gasteiger partial charge in [-0.1, -0.05) is 10.4 Å². The van der Waals surface area contributed by atoms with Crippen LogP contribution in [0.1, 0.15) is 30.7 Å². The molecule has 1 N–H and O–H groups in total. The molecule has 0 amide bonds. The van der Waals surface area contributed by atoms with E-state index < -0.39 is 5.97 Å². The zero-order valence-electron chi connectivity index (χ0n) is 10.7. The summed E-state index contributed by atoms with van der Waals surface area (Å²) in [5, 5.41) is 24.4. The molecule has 0 bridgehead atoms. The number of hydrogen-bond donors (Lipinski definition) is 1. The molecule has 8 heteroatoms. The summed E-state index contributed by atoms with van der Waals surface area (Å²) in [7, 11) is 1.81. The summed E-state index contributed by atoms with van der Waals surface area (Å²) in [6.07, 6.45) is 6.09. The number of aryl methyl sites for hydroxylation is 2. The minimum absolute atomic E-state index is 0.202. The van der Waals surface area contributed by atoms with Gasteiger partial charge in [-0.3, -0.25) is 9.48 Å². The number of carbonyl (C=O) groups is 1. The molecule has 2 rings (SSSR count). The van der Waals surface area contributed by atoms with E-state index in [2.05, 4.69) is 20.6 Å². The number of aromatic nitrogens is 6. The van der Waals surface area contributed by atoms with Crippen LogP contribution in [0.4, 0.5) is 0 Å². The fourth-order valence-corrected chi connectivity index (χ4v) is 1.75. The van der Waals surface area contributed by atoms with Crippen molar-refractivity contribution < 1.29 is 9.90 Å². The topological polar surface area (TPSA) is 98.7 Å². The Hall–Kier alpha value is -2.25. The van der Waals surface area contributed by atoms with Crippen molar-refractivity contribution in [3.05, 3.63) is 23.8 Å². The quantitative estimate of drug-likeness (QED) is 0.720. The standard InChI is InChI=1S/C11H16N6O2/c1-16-6-10(13-14-16)8-17-7-9(12-15-17)4-2-3-5-11(18)19/h6-7H,2-5,8H2,1H3,(H,18,19). The molecule has 0 saturated heterocycles. The molecule has 0 aliphatic carbocycles. The van der Waals surface area contributed by atoms with Crippen LogP contribution in [0.25, 0.3) is 0 Å². The molecule has 102 valence electrons. The summed E-state index contributed by atoms with van der Waals surface area (Å²) in [6, 6.07) is 0. The molecular weight excluding hydrogens is 248 g/mol. The fraction of sp³-hybridized carbons (Fsp3) is 0.545. The normalized spacial score (nSPS) is 10.8. The molecule has 0 fully saturated rings. The molecular formula is C11H16N6O2. The molecule has 19 heavy (non-hydrogen) atoms. The van der Waals surface area contributed by atoms with Crippen molar-refractivity contribution in [2.24, 2.45) is 7.05 Å². The third-order valence-electron chi connectivity index (χ3n) is 2.63. The van der Waals surface area contributed by atoms with Crippen LogP contribution in [-0.4, -0.2) is 41.1 Å². The number of unbranched alkanes of at least 4 members (excludes halogenated alkanes) is 1. The van der Waals surface area contributed by atoms with E-state index in [4.69, 9.17) is 5.11 Å². The van der Waals surface area contributed by atoms with Crippen molar-refractivity contribution >= 4 is 5.97 Å². The predicted octanol–water partition coefficient (Wildman–Crippen LogP) is 0.252. The Morgan fingerprint density at radius 1 is 1.21 bits per heavy atom. The van der Waals surface area contributed by atoms with Crippen LogP contribution < -0.4 is 0 Å². The van der Waals surface area contributed by atoms with Crippen molar-refractivity contribution in [2.45, 2.75) is 32.2 Å². The summed E-state index contributed by atoms with van der Waals surface area (Å²) in [6.45, 7) is 0.538. The average Bonchev–Trinajstić information content (AvgIpc) is 2.95. The molecule has 0 saturated carbocycles. The number of carboxylic acid groups (broad SMARTS) is 1. The monoisotopic (exact) mass is 264 g/mol. The smallest absolute Gasteiger partial charge is 0.303 e. The maximum atomic E-state index is 10.4. The second kappa shape index (κ2) is 6.07. The second-order valence-corrected chi connectivity index (χ2v) is 4.39. The lowest BCUT2D eigenvalue weighted by Crippen LogP contribution is -2.00. The average molecular weight is 264 g/mol. The first-order valence-electron chi connectivity index (χ1n) is 6.09. The fourth-order valence-electron chi connectivity index (χ4n) is 1.75. The van der Waals surface area contributed by atoms with Crippen LogP contribution in [0.3, 0.4) is 0 Å². The minimum atomic E-state index is -0.758. The molecule has 2 aromatic rings. The first-order chi connectivity index (χ1) is 9.13. The van der Waals surface area contributed by atoms with Crippen LogP contribution in [0.15, 0.2) is 12.4 Å². The third-order valence-corrected chi connectivity index (χ3v) is 2.63. The van der Waals surface area contributed by atoms with Crippen molar-refractivity contribution in [3.63, 3.8) is 0 Å². The van der Waals surface area contributed by atoms with Crippen molar-refractivity contribution in [2.75, 3.05) is 0 Å². The summed E-state index contributed by atoms with van der Waals surface area (Å²) < 4.78 is 3.34. The van der Waals surface area contributed by atoms with Gasteiger partial charge in [-0.2, -0.15) is 0 Å². The zero-order valence-corrected chi connectivity index (χ0v) is 10.7. The summed E-state index contributed by atoms with van der Waals surface area (Å²) >= 11 is 0. The Labute approximate surface area is 110 Å². The van der Waals surface area contributed by atoms with Gasteiger partial charge in [0.1, 0.15) is 5.69 Å². The SMILES string of the molecule is Cn1cc(Cn2cc(CCCCC(=O)O)nn2)nn1. The predicted molar refractivity (Wildman–Crippen MR) is 65.3 cm³/mol. The van der Waals surface area contributed by atoms with Gasteiger partial charge in [0.15, 0.2) is 0 Å². The van der Waals surface area contributed by atoms with Gasteiger partial charge < -0.3 is 5.11 Å². The van der Waals surface area contributed by atoms with E-state index in [0.717, 1.165) is 24.2 Å². The molecule has 0 spiro atoms. The first-order valence-corrected chi connectivity index (χ1v) is 6.09. The van der Waals surface area contributed by atoms with Gasteiger partial charge in [0, 0.05) is 25.9 Å². The zero-order chi connectivity index (χ0) is 13.7. The van der Waals surface area contributed by atoms with Crippen molar-refractivity contribution in [1.29, 1.82) is 0 Å². The van der Waals surface area contributed by atoms with E-state index in [1.54, 1.807) is 9.36 Å². The Kier molecular flexibility index (Phi) is 4.22. The van der Waals surface area contributed by atoms with E-state index in [0.29, 0.717) is 13.0 Å². The number of aliphatic carboxylic acids is 1. The summed E-state index contributed by atoms with van der Waals surface area (Å²) in [5.74, 6) is -0.758. The minimum Gasteiger partial charge on any atom is -0.481 e. The molecule has 0 aliphatic heterocycles. The first kappa shape index (κ1) is 13.2. The third kappa shape index (κ3) is 4.16. The Morgan fingerprint density at radius 3 is 2.68 bits per heavy atom. The molecule has 0 radical (unpaired) electrons. The van der Waals surface area contributed by atoms with Crippen molar-refractivity contribution in [1.82, 2.24) is 30.0 Å². The van der Waals surface area contributed by atoms with Gasteiger partial charge in [-0.15, -0.1) is 10.2 Å². The Balaban J connectivity index is 1.80. The van der Waals surface area contributed by atoms with Crippen molar-refractivity contribution in [3.8, 4) is 0 Å². The largest absolute Gasteiger partial charge is 0.481 e. The summed E-state index contributed by atoms with van der Waals surface area (Å²) in [4.78, 5) is 10.4. The number of carboxylic acids is 1. The molecule has 8 nitrogen and oxygen atoms in total. The van der Waals surface area contributed by atoms with Gasteiger partial charge in [0.2, 0.25) is 0 Å². The van der Waals surface area contributed by atoms with E-state index in [1.807, 2.05) is 19.4 Å². The Morgan fingerprint density at radius 2 is 2.00 bits per heavy atom. The highest BCUT2D eigenvalue weighted by atomic mass is 16.4. The molecule has 2 heterocycles. The molecule has 2 aromatic heterocycles. The van der Waals surface area contributed by atoms with Gasteiger partial charge in [-0.25, -0.2) is 4.68 Å². The lowest BCUT2D eigenvalue weighted by Gasteiger charge is -1.95. The summed E-state index contributed by atoms with van der Waals surface area (Å²) in [5.41, 5.74) is 1.69. The molecule has 0 aliphatic rings. The molecule has 0 aromatic carbocycles. The number of nitrogens with zero attached hydrogens (tertiary/aromatic N) is 6. The highest BCUT2D eigenvalue weighted by Gasteiger charge is 2.04.